The quantitative estimate of drug-likeness (QED) is 0.405. The van der Waals surface area contributed by atoms with E-state index in [0.29, 0.717) is 0 Å². The van der Waals surface area contributed by atoms with Crippen molar-refractivity contribution in [2.24, 2.45) is 5.10 Å². The number of hydrogen-bond acceptors (Lipinski definition) is 2. The molecule has 1 aliphatic rings. The molecular formula is C10H14IN3. The van der Waals surface area contributed by atoms with Gasteiger partial charge in [0.2, 0.25) is 0 Å². The van der Waals surface area contributed by atoms with Crippen molar-refractivity contribution in [3.05, 3.63) is 23.9 Å². The lowest BCUT2D eigenvalue weighted by Gasteiger charge is -2.17. The van der Waals surface area contributed by atoms with Crippen molar-refractivity contribution < 1.29 is 28.5 Å². The highest BCUT2D eigenvalue weighted by Gasteiger charge is 2.22. The Balaban J connectivity index is 0.000000980. The van der Waals surface area contributed by atoms with Crippen LogP contribution in [-0.4, -0.2) is 12.8 Å². The lowest BCUT2D eigenvalue weighted by molar-refractivity contribution is -0.677. The molecule has 0 amide bonds. The second kappa shape index (κ2) is 4.25. The van der Waals surface area contributed by atoms with Crippen LogP contribution in [0, 0.1) is 6.92 Å². The summed E-state index contributed by atoms with van der Waals surface area (Å²) in [7, 11) is 1.98. The molecule has 0 atom stereocenters. The van der Waals surface area contributed by atoms with Crippen LogP contribution in [-0.2, 0) is 6.54 Å². The lowest BCUT2D eigenvalue weighted by Crippen LogP contribution is -3.00. The van der Waals surface area contributed by atoms with Gasteiger partial charge >= 0.3 is 5.82 Å². The summed E-state index contributed by atoms with van der Waals surface area (Å²) in [4.78, 5) is 0. The molecule has 1 aromatic heterocycles. The number of hydrogen-bond donors (Lipinski definition) is 0. The third kappa shape index (κ3) is 1.89. The number of fused-ring (bicyclic) bond motifs is 1. The van der Waals surface area contributed by atoms with Crippen LogP contribution < -0.4 is 33.6 Å². The SMILES string of the molecule is CC1=NN(C)c2cccc(C)[n+]2C1.[I-]. The van der Waals surface area contributed by atoms with Crippen LogP contribution >= 0.6 is 0 Å². The van der Waals surface area contributed by atoms with Gasteiger partial charge in [-0.3, -0.25) is 0 Å². The number of pyridine rings is 1. The van der Waals surface area contributed by atoms with Crippen molar-refractivity contribution >= 4 is 11.5 Å². The van der Waals surface area contributed by atoms with Crippen LogP contribution in [0.2, 0.25) is 0 Å². The van der Waals surface area contributed by atoms with E-state index in [-0.39, 0.29) is 24.0 Å². The van der Waals surface area contributed by atoms with Gasteiger partial charge in [-0.1, -0.05) is 11.2 Å². The first kappa shape index (κ1) is 11.4. The van der Waals surface area contributed by atoms with Crippen molar-refractivity contribution in [3.8, 4) is 0 Å². The van der Waals surface area contributed by atoms with Gasteiger partial charge in [0, 0.05) is 6.07 Å². The predicted octanol–water partition coefficient (Wildman–Crippen LogP) is -1.89. The first-order chi connectivity index (χ1) is 6.18. The van der Waals surface area contributed by atoms with Gasteiger partial charge in [0.15, 0.2) is 0 Å². The average Bonchev–Trinajstić information content (AvgIpc) is 2.07. The van der Waals surface area contributed by atoms with Crippen molar-refractivity contribution in [2.75, 3.05) is 12.1 Å². The molecule has 0 saturated heterocycles. The Morgan fingerprint density at radius 3 is 2.79 bits per heavy atom. The van der Waals surface area contributed by atoms with E-state index in [0.717, 1.165) is 18.1 Å². The van der Waals surface area contributed by atoms with Gasteiger partial charge in [-0.15, -0.1) is 5.01 Å². The van der Waals surface area contributed by atoms with Crippen molar-refractivity contribution in [2.45, 2.75) is 20.4 Å². The third-order valence-electron chi connectivity index (χ3n) is 2.32. The molecule has 0 spiro atoms. The third-order valence-corrected chi connectivity index (χ3v) is 2.32. The fourth-order valence-electron chi connectivity index (χ4n) is 1.69. The summed E-state index contributed by atoms with van der Waals surface area (Å²) in [6.07, 6.45) is 0. The fraction of sp³-hybridized carbons (Fsp3) is 0.400. The number of nitrogens with zero attached hydrogens (tertiary/aromatic N) is 3. The minimum atomic E-state index is 0. The Kier molecular flexibility index (Phi) is 3.47. The number of halogens is 1. The summed E-state index contributed by atoms with van der Waals surface area (Å²) in [5.74, 6) is 1.16. The van der Waals surface area contributed by atoms with Crippen LogP contribution in [0.5, 0.6) is 0 Å². The highest BCUT2D eigenvalue weighted by molar-refractivity contribution is 5.82. The summed E-state index contributed by atoms with van der Waals surface area (Å²) in [5.41, 5.74) is 2.42. The second-order valence-electron chi connectivity index (χ2n) is 3.47. The minimum Gasteiger partial charge on any atom is -1.00 e. The Hall–Kier alpha value is -0.650. The van der Waals surface area contributed by atoms with E-state index < -0.39 is 0 Å². The minimum absolute atomic E-state index is 0. The molecule has 2 rings (SSSR count). The molecule has 1 aromatic rings. The highest BCUT2D eigenvalue weighted by atomic mass is 127. The first-order valence-corrected chi connectivity index (χ1v) is 4.46. The zero-order valence-electron chi connectivity index (χ0n) is 8.66. The molecular weight excluding hydrogens is 289 g/mol. The van der Waals surface area contributed by atoms with Gasteiger partial charge in [0.25, 0.3) is 0 Å². The van der Waals surface area contributed by atoms with Crippen LogP contribution in [0.25, 0.3) is 0 Å². The lowest BCUT2D eigenvalue weighted by atomic mass is 10.3. The van der Waals surface area contributed by atoms with Crippen molar-refractivity contribution in [1.29, 1.82) is 0 Å². The van der Waals surface area contributed by atoms with Crippen LogP contribution in [0.15, 0.2) is 23.3 Å². The van der Waals surface area contributed by atoms with E-state index in [4.69, 9.17) is 0 Å². The second-order valence-corrected chi connectivity index (χ2v) is 3.47. The van der Waals surface area contributed by atoms with Crippen LogP contribution in [0.3, 0.4) is 0 Å². The molecule has 0 unspecified atom stereocenters. The Bertz CT molecular complexity index is 374. The monoisotopic (exact) mass is 303 g/mol. The Morgan fingerprint density at radius 2 is 2.07 bits per heavy atom. The van der Waals surface area contributed by atoms with Crippen molar-refractivity contribution in [1.82, 2.24) is 0 Å². The highest BCUT2D eigenvalue weighted by Crippen LogP contribution is 2.11. The van der Waals surface area contributed by atoms with E-state index in [2.05, 4.69) is 41.7 Å². The summed E-state index contributed by atoms with van der Waals surface area (Å²) in [5, 5.41) is 6.32. The molecule has 76 valence electrons. The van der Waals surface area contributed by atoms with Gasteiger partial charge in [-0.05, 0) is 19.9 Å². The van der Waals surface area contributed by atoms with E-state index in [1.54, 1.807) is 0 Å². The maximum Gasteiger partial charge on any atom is 0.302 e. The molecule has 0 aliphatic carbocycles. The number of aryl methyl sites for hydroxylation is 1. The Morgan fingerprint density at radius 1 is 1.36 bits per heavy atom. The van der Waals surface area contributed by atoms with Crippen molar-refractivity contribution in [3.63, 3.8) is 0 Å². The van der Waals surface area contributed by atoms with Gasteiger partial charge in [0.05, 0.1) is 5.71 Å². The van der Waals surface area contributed by atoms with E-state index in [1.807, 2.05) is 12.1 Å². The standard InChI is InChI=1S/C10H14N3.HI/c1-8-7-13-9(2)5-4-6-10(13)12(3)11-8;/h4-6H,7H2,1-3H3;1H/q+1;/p-1. The van der Waals surface area contributed by atoms with Gasteiger partial charge in [0.1, 0.15) is 19.3 Å². The number of anilines is 1. The fourth-order valence-corrected chi connectivity index (χ4v) is 1.69. The van der Waals surface area contributed by atoms with Gasteiger partial charge in [-0.2, -0.15) is 0 Å². The molecule has 0 aromatic carbocycles. The van der Waals surface area contributed by atoms with Gasteiger partial charge < -0.3 is 24.0 Å². The van der Waals surface area contributed by atoms with Crippen LogP contribution in [0.1, 0.15) is 12.6 Å². The largest absolute Gasteiger partial charge is 1.00 e. The first-order valence-electron chi connectivity index (χ1n) is 4.46. The zero-order valence-corrected chi connectivity index (χ0v) is 10.8. The topological polar surface area (TPSA) is 19.5 Å². The molecule has 0 fully saturated rings. The summed E-state index contributed by atoms with van der Waals surface area (Å²) in [6.45, 7) is 5.08. The molecule has 0 bridgehead atoms. The van der Waals surface area contributed by atoms with Crippen LogP contribution in [0.4, 0.5) is 5.82 Å². The Labute approximate surface area is 101 Å². The normalized spacial score (nSPS) is 14.2. The zero-order chi connectivity index (χ0) is 9.42. The van der Waals surface area contributed by atoms with E-state index >= 15 is 0 Å². The number of aromatic nitrogens is 1. The molecule has 0 N–H and O–H groups in total. The smallest absolute Gasteiger partial charge is 0.302 e. The molecule has 1 aliphatic heterocycles. The maximum atomic E-state index is 4.39. The molecule has 2 heterocycles. The summed E-state index contributed by atoms with van der Waals surface area (Å²) in [6, 6.07) is 6.27. The van der Waals surface area contributed by atoms with E-state index in [1.165, 1.54) is 5.69 Å². The molecule has 4 heteroatoms. The summed E-state index contributed by atoms with van der Waals surface area (Å²) >= 11 is 0. The molecule has 3 nitrogen and oxygen atoms in total. The molecule has 0 saturated carbocycles. The predicted molar refractivity (Wildman–Crippen MR) is 52.9 cm³/mol. The summed E-state index contributed by atoms with van der Waals surface area (Å²) < 4.78 is 2.27. The average molecular weight is 303 g/mol. The number of rotatable bonds is 0. The van der Waals surface area contributed by atoms with E-state index in [9.17, 15) is 0 Å². The number of hydrazone groups is 1. The van der Waals surface area contributed by atoms with Gasteiger partial charge in [-0.25, -0.2) is 4.57 Å². The molecule has 0 radical (unpaired) electrons. The molecule has 14 heavy (non-hydrogen) atoms. The maximum absolute atomic E-state index is 4.39.